The highest BCUT2D eigenvalue weighted by atomic mass is 16.1. The van der Waals surface area contributed by atoms with Gasteiger partial charge in [-0.15, -0.1) is 0 Å². The number of aryl methyl sites for hydroxylation is 2. The minimum atomic E-state index is -0.0477. The van der Waals surface area contributed by atoms with Crippen molar-refractivity contribution in [3.05, 3.63) is 78.1 Å². The number of benzene rings is 2. The van der Waals surface area contributed by atoms with Gasteiger partial charge in [0, 0.05) is 34.6 Å². The lowest BCUT2D eigenvalue weighted by molar-refractivity contribution is 0.0951. The van der Waals surface area contributed by atoms with E-state index in [1.807, 2.05) is 67.1 Å². The molecule has 0 atom stereocenters. The van der Waals surface area contributed by atoms with Gasteiger partial charge in [0.05, 0.1) is 5.69 Å². The maximum absolute atomic E-state index is 12.6. The zero-order chi connectivity index (χ0) is 23.2. The molecule has 1 fully saturated rings. The summed E-state index contributed by atoms with van der Waals surface area (Å²) in [6, 6.07) is 14.1. The molecular formula is C26H23N7O. The Morgan fingerprint density at radius 3 is 2.68 bits per heavy atom. The van der Waals surface area contributed by atoms with Crippen LogP contribution in [0.2, 0.25) is 0 Å². The Bertz CT molecular complexity index is 1540. The van der Waals surface area contributed by atoms with Crippen molar-refractivity contribution in [3.63, 3.8) is 0 Å². The third kappa shape index (κ3) is 3.63. The van der Waals surface area contributed by atoms with Crippen LogP contribution in [0.25, 0.3) is 39.5 Å². The highest BCUT2D eigenvalue weighted by Gasteiger charge is 2.24. The largest absolute Gasteiger partial charge is 0.349 e. The number of hydrogen-bond acceptors (Lipinski definition) is 5. The van der Waals surface area contributed by atoms with Gasteiger partial charge in [0.25, 0.3) is 5.91 Å². The summed E-state index contributed by atoms with van der Waals surface area (Å²) in [7, 11) is 0. The van der Waals surface area contributed by atoms with Crippen LogP contribution in [0.1, 0.15) is 34.5 Å². The van der Waals surface area contributed by atoms with E-state index in [9.17, 15) is 4.79 Å². The van der Waals surface area contributed by atoms with Gasteiger partial charge < -0.3 is 10.3 Å². The number of nitrogens with one attached hydrogen (secondary N) is 2. The molecular weight excluding hydrogens is 426 g/mol. The Labute approximate surface area is 196 Å². The lowest BCUT2D eigenvalue weighted by atomic mass is 10.1. The van der Waals surface area contributed by atoms with Gasteiger partial charge in [-0.25, -0.2) is 19.9 Å². The van der Waals surface area contributed by atoms with Crippen LogP contribution in [0.15, 0.2) is 61.3 Å². The minimum Gasteiger partial charge on any atom is -0.349 e. The van der Waals surface area contributed by atoms with Crippen molar-refractivity contribution in [3.8, 4) is 28.3 Å². The normalized spacial score (nSPS) is 13.4. The maximum atomic E-state index is 12.6. The molecule has 8 heteroatoms. The number of aromatic amines is 1. The Balaban J connectivity index is 1.42. The lowest BCUT2D eigenvalue weighted by Gasteiger charge is -2.11. The molecule has 3 heterocycles. The van der Waals surface area contributed by atoms with Gasteiger partial charge in [-0.1, -0.05) is 24.3 Å². The first-order valence-electron chi connectivity index (χ1n) is 11.3. The highest BCUT2D eigenvalue weighted by Crippen LogP contribution is 2.29. The number of H-pyrrole nitrogens is 1. The molecule has 1 aliphatic carbocycles. The first-order valence-corrected chi connectivity index (χ1v) is 11.3. The number of aromatic nitrogens is 6. The smallest absolute Gasteiger partial charge is 0.251 e. The molecule has 2 N–H and O–H groups in total. The standard InChI is InChI=1S/C26H23N7O/c1-15-6-7-19(26(34)32-20-8-9-20)11-21(15)33-14-30-23-22(28-13-29-25(23)33)17-4-3-5-18(10-17)24-27-12-16(2)31-24/h3-7,10-14,20H,8-9H2,1-2H3,(H,27,31)(H,32,34). The molecule has 1 aliphatic rings. The predicted molar refractivity (Wildman–Crippen MR) is 130 cm³/mol. The molecule has 0 aliphatic heterocycles. The fourth-order valence-corrected chi connectivity index (χ4v) is 4.10. The third-order valence-corrected chi connectivity index (χ3v) is 6.09. The van der Waals surface area contributed by atoms with Crippen LogP contribution in [0, 0.1) is 13.8 Å². The third-order valence-electron chi connectivity index (χ3n) is 6.09. The summed E-state index contributed by atoms with van der Waals surface area (Å²) < 4.78 is 1.92. The van der Waals surface area contributed by atoms with E-state index in [2.05, 4.69) is 30.2 Å². The van der Waals surface area contributed by atoms with E-state index in [0.29, 0.717) is 22.8 Å². The van der Waals surface area contributed by atoms with Crippen molar-refractivity contribution in [2.75, 3.05) is 0 Å². The second-order valence-corrected chi connectivity index (χ2v) is 8.75. The monoisotopic (exact) mass is 449 g/mol. The lowest BCUT2D eigenvalue weighted by Crippen LogP contribution is -2.25. The molecule has 1 amide bonds. The van der Waals surface area contributed by atoms with Crippen LogP contribution in [-0.4, -0.2) is 41.4 Å². The number of amides is 1. The Hall–Kier alpha value is -4.33. The van der Waals surface area contributed by atoms with Crippen molar-refractivity contribution in [1.82, 2.24) is 34.8 Å². The first kappa shape index (κ1) is 20.3. The molecule has 2 aromatic carbocycles. The number of carbonyl (C=O) groups is 1. The molecule has 168 valence electrons. The summed E-state index contributed by atoms with van der Waals surface area (Å²) in [6.45, 7) is 3.99. The zero-order valence-corrected chi connectivity index (χ0v) is 18.9. The van der Waals surface area contributed by atoms with Crippen molar-refractivity contribution < 1.29 is 4.79 Å². The van der Waals surface area contributed by atoms with Crippen LogP contribution >= 0.6 is 0 Å². The van der Waals surface area contributed by atoms with E-state index in [4.69, 9.17) is 0 Å². The summed E-state index contributed by atoms with van der Waals surface area (Å²) >= 11 is 0. The number of imidazole rings is 2. The van der Waals surface area contributed by atoms with Crippen LogP contribution < -0.4 is 5.32 Å². The predicted octanol–water partition coefficient (Wildman–Crippen LogP) is 4.38. The first-order chi connectivity index (χ1) is 16.6. The van der Waals surface area contributed by atoms with Crippen LogP contribution in [-0.2, 0) is 0 Å². The summed E-state index contributed by atoms with van der Waals surface area (Å²) in [6.07, 6.45) is 7.22. The van der Waals surface area contributed by atoms with Crippen molar-refractivity contribution in [1.29, 1.82) is 0 Å². The number of hydrogen-bond donors (Lipinski definition) is 2. The average Bonchev–Trinajstić information content (AvgIpc) is 3.38. The summed E-state index contributed by atoms with van der Waals surface area (Å²) in [5.41, 5.74) is 7.56. The van der Waals surface area contributed by atoms with Gasteiger partial charge in [0.15, 0.2) is 5.65 Å². The van der Waals surface area contributed by atoms with Gasteiger partial charge in [0.1, 0.15) is 29.7 Å². The molecule has 0 unspecified atom stereocenters. The van der Waals surface area contributed by atoms with Crippen molar-refractivity contribution in [2.24, 2.45) is 0 Å². The second-order valence-electron chi connectivity index (χ2n) is 8.75. The van der Waals surface area contributed by atoms with Crippen LogP contribution in [0.3, 0.4) is 0 Å². The second kappa shape index (κ2) is 7.91. The van der Waals surface area contributed by atoms with Crippen LogP contribution in [0.4, 0.5) is 0 Å². The zero-order valence-electron chi connectivity index (χ0n) is 18.9. The van der Waals surface area contributed by atoms with E-state index in [0.717, 1.165) is 52.4 Å². The van der Waals surface area contributed by atoms with Gasteiger partial charge in [-0.2, -0.15) is 0 Å². The molecule has 0 saturated heterocycles. The molecule has 0 radical (unpaired) electrons. The molecule has 5 aromatic rings. The van der Waals surface area contributed by atoms with E-state index in [1.54, 1.807) is 12.7 Å². The van der Waals surface area contributed by atoms with E-state index >= 15 is 0 Å². The van der Waals surface area contributed by atoms with E-state index in [1.165, 1.54) is 0 Å². The van der Waals surface area contributed by atoms with Crippen molar-refractivity contribution in [2.45, 2.75) is 32.7 Å². The molecule has 1 saturated carbocycles. The Morgan fingerprint density at radius 2 is 1.88 bits per heavy atom. The summed E-state index contributed by atoms with van der Waals surface area (Å²) in [5.74, 6) is 0.764. The summed E-state index contributed by atoms with van der Waals surface area (Å²) in [4.78, 5) is 34.1. The highest BCUT2D eigenvalue weighted by molar-refractivity contribution is 5.95. The quantitative estimate of drug-likeness (QED) is 0.415. The Morgan fingerprint density at radius 1 is 1.03 bits per heavy atom. The maximum Gasteiger partial charge on any atom is 0.251 e. The molecule has 3 aromatic heterocycles. The number of rotatable bonds is 5. The van der Waals surface area contributed by atoms with E-state index in [-0.39, 0.29) is 5.91 Å². The minimum absolute atomic E-state index is 0.0477. The number of fused-ring (bicyclic) bond motifs is 1. The number of carbonyl (C=O) groups excluding carboxylic acids is 1. The molecule has 6 rings (SSSR count). The topological polar surface area (TPSA) is 101 Å². The molecule has 8 nitrogen and oxygen atoms in total. The molecule has 34 heavy (non-hydrogen) atoms. The number of nitrogens with zero attached hydrogens (tertiary/aromatic N) is 5. The Kier molecular flexibility index (Phi) is 4.72. The molecule has 0 bridgehead atoms. The van der Waals surface area contributed by atoms with Gasteiger partial charge in [-0.3, -0.25) is 9.36 Å². The van der Waals surface area contributed by atoms with Gasteiger partial charge in [0.2, 0.25) is 0 Å². The van der Waals surface area contributed by atoms with Crippen molar-refractivity contribution >= 4 is 17.1 Å². The SMILES string of the molecule is Cc1cnc(-c2cccc(-c3ncnc4c3ncn4-c3cc(C(=O)NC4CC4)ccc3C)c2)[nH]1. The molecule has 0 spiro atoms. The fourth-order valence-electron chi connectivity index (χ4n) is 4.10. The van der Waals surface area contributed by atoms with E-state index < -0.39 is 0 Å². The fraction of sp³-hybridized carbons (Fsp3) is 0.192. The van der Waals surface area contributed by atoms with Crippen LogP contribution in [0.5, 0.6) is 0 Å². The van der Waals surface area contributed by atoms with Gasteiger partial charge >= 0.3 is 0 Å². The van der Waals surface area contributed by atoms with Gasteiger partial charge in [-0.05, 0) is 50.5 Å². The summed E-state index contributed by atoms with van der Waals surface area (Å²) in [5, 5.41) is 3.05. The average molecular weight is 450 g/mol.